The third-order valence-corrected chi connectivity index (χ3v) is 4.06. The van der Waals surface area contributed by atoms with Crippen molar-refractivity contribution in [3.05, 3.63) is 30.1 Å². The van der Waals surface area contributed by atoms with E-state index >= 15 is 0 Å². The van der Waals surface area contributed by atoms with E-state index in [1.807, 2.05) is 12.1 Å². The van der Waals surface area contributed by atoms with Gasteiger partial charge < -0.3 is 10.7 Å². The number of para-hydroxylation sites is 2. The number of benzene rings is 1. The second kappa shape index (κ2) is 5.31. The molecule has 2 atom stereocenters. The van der Waals surface area contributed by atoms with Crippen LogP contribution in [0, 0.1) is 0 Å². The summed E-state index contributed by atoms with van der Waals surface area (Å²) in [5, 5.41) is 0. The Balaban J connectivity index is 1.79. The van der Waals surface area contributed by atoms with Crippen molar-refractivity contribution in [1.82, 2.24) is 14.9 Å². The highest BCUT2D eigenvalue weighted by atomic mass is 15.2. The molecule has 2 aromatic rings. The first-order chi connectivity index (χ1) is 9.24. The van der Waals surface area contributed by atoms with Crippen molar-refractivity contribution in [2.45, 2.75) is 44.8 Å². The molecular weight excluding hydrogens is 236 g/mol. The highest BCUT2D eigenvalue weighted by molar-refractivity contribution is 5.74. The lowest BCUT2D eigenvalue weighted by Crippen LogP contribution is -2.48. The lowest BCUT2D eigenvalue weighted by molar-refractivity contribution is 0.120. The summed E-state index contributed by atoms with van der Waals surface area (Å²) < 4.78 is 0. The number of aromatic nitrogens is 2. The number of nitrogens with two attached hydrogens (primary N) is 1. The Kier molecular flexibility index (Phi) is 3.53. The fraction of sp³-hybridized carbons (Fsp3) is 0.533. The standard InChI is InChI=1S/C15H22N4/c1-11(16)14-8-4-5-9-19(14)10-15-17-12-6-2-3-7-13(12)18-15/h2-3,6-7,11,14H,4-5,8-10,16H2,1H3,(H,17,18). The molecule has 0 radical (unpaired) electrons. The molecule has 3 N–H and O–H groups in total. The molecule has 1 saturated heterocycles. The Labute approximate surface area is 114 Å². The molecule has 0 amide bonds. The molecule has 0 saturated carbocycles. The minimum Gasteiger partial charge on any atom is -0.341 e. The first-order valence-corrected chi connectivity index (χ1v) is 7.17. The molecule has 1 aromatic heterocycles. The van der Waals surface area contributed by atoms with E-state index in [-0.39, 0.29) is 6.04 Å². The van der Waals surface area contributed by atoms with E-state index in [0.29, 0.717) is 6.04 Å². The Bertz CT molecular complexity index is 513. The summed E-state index contributed by atoms with van der Waals surface area (Å²) in [6.45, 7) is 4.12. The van der Waals surface area contributed by atoms with E-state index in [1.54, 1.807) is 0 Å². The molecule has 1 aromatic carbocycles. The van der Waals surface area contributed by atoms with Crippen LogP contribution in [-0.2, 0) is 6.54 Å². The van der Waals surface area contributed by atoms with Crippen molar-refractivity contribution in [2.24, 2.45) is 5.73 Å². The normalized spacial score (nSPS) is 22.7. The van der Waals surface area contributed by atoms with Gasteiger partial charge >= 0.3 is 0 Å². The zero-order chi connectivity index (χ0) is 13.2. The van der Waals surface area contributed by atoms with Crippen LogP contribution in [0.15, 0.2) is 24.3 Å². The van der Waals surface area contributed by atoms with Gasteiger partial charge in [-0.05, 0) is 38.4 Å². The number of likely N-dealkylation sites (tertiary alicyclic amines) is 1. The van der Waals surface area contributed by atoms with E-state index in [1.165, 1.54) is 19.3 Å². The third-order valence-electron chi connectivity index (χ3n) is 4.06. The van der Waals surface area contributed by atoms with Crippen molar-refractivity contribution < 1.29 is 0 Å². The average Bonchev–Trinajstić information content (AvgIpc) is 2.81. The van der Waals surface area contributed by atoms with Crippen LogP contribution in [0.2, 0.25) is 0 Å². The van der Waals surface area contributed by atoms with Gasteiger partial charge in [0.2, 0.25) is 0 Å². The lowest BCUT2D eigenvalue weighted by Gasteiger charge is -2.37. The molecule has 19 heavy (non-hydrogen) atoms. The van der Waals surface area contributed by atoms with Crippen molar-refractivity contribution in [3.8, 4) is 0 Å². The first kappa shape index (κ1) is 12.6. The van der Waals surface area contributed by atoms with Gasteiger partial charge in [0.15, 0.2) is 0 Å². The summed E-state index contributed by atoms with van der Waals surface area (Å²) in [6, 6.07) is 8.90. The van der Waals surface area contributed by atoms with Crippen molar-refractivity contribution in [3.63, 3.8) is 0 Å². The van der Waals surface area contributed by atoms with Gasteiger partial charge in [-0.25, -0.2) is 4.98 Å². The monoisotopic (exact) mass is 258 g/mol. The second-order valence-corrected chi connectivity index (χ2v) is 5.59. The maximum atomic E-state index is 6.11. The molecule has 4 heteroatoms. The number of hydrogen-bond donors (Lipinski definition) is 2. The van der Waals surface area contributed by atoms with Crippen LogP contribution >= 0.6 is 0 Å². The predicted octanol–water partition coefficient (Wildman–Crippen LogP) is 2.26. The van der Waals surface area contributed by atoms with Crippen LogP contribution in [-0.4, -0.2) is 33.5 Å². The van der Waals surface area contributed by atoms with Gasteiger partial charge in [0, 0.05) is 12.1 Å². The number of H-pyrrole nitrogens is 1. The van der Waals surface area contributed by atoms with Gasteiger partial charge in [-0.3, -0.25) is 4.90 Å². The number of aromatic amines is 1. The maximum absolute atomic E-state index is 6.11. The highest BCUT2D eigenvalue weighted by Crippen LogP contribution is 2.21. The SMILES string of the molecule is CC(N)C1CCCCN1Cc1nc2ccccc2[nH]1. The summed E-state index contributed by atoms with van der Waals surface area (Å²) in [5.74, 6) is 1.05. The molecule has 0 bridgehead atoms. The minimum absolute atomic E-state index is 0.227. The Hall–Kier alpha value is -1.39. The van der Waals surface area contributed by atoms with Crippen LogP contribution in [0.25, 0.3) is 11.0 Å². The van der Waals surface area contributed by atoms with Crippen molar-refractivity contribution in [2.75, 3.05) is 6.54 Å². The topological polar surface area (TPSA) is 57.9 Å². The molecule has 102 valence electrons. The molecule has 1 aliphatic rings. The lowest BCUT2D eigenvalue weighted by atomic mass is 9.97. The molecule has 2 heterocycles. The maximum Gasteiger partial charge on any atom is 0.121 e. The smallest absolute Gasteiger partial charge is 0.121 e. The van der Waals surface area contributed by atoms with Crippen molar-refractivity contribution >= 4 is 11.0 Å². The average molecular weight is 258 g/mol. The summed E-state index contributed by atoms with van der Waals surface area (Å²) in [7, 11) is 0. The number of imidazole rings is 1. The fourth-order valence-electron chi connectivity index (χ4n) is 3.08. The van der Waals surface area contributed by atoms with Gasteiger partial charge in [0.25, 0.3) is 0 Å². The number of fused-ring (bicyclic) bond motifs is 1. The van der Waals surface area contributed by atoms with Crippen LogP contribution < -0.4 is 5.73 Å². The predicted molar refractivity (Wildman–Crippen MR) is 77.8 cm³/mol. The molecular formula is C15H22N4. The van der Waals surface area contributed by atoms with E-state index < -0.39 is 0 Å². The summed E-state index contributed by atoms with van der Waals surface area (Å²) in [6.07, 6.45) is 3.77. The summed E-state index contributed by atoms with van der Waals surface area (Å²) in [4.78, 5) is 10.5. The molecule has 4 nitrogen and oxygen atoms in total. The fourth-order valence-corrected chi connectivity index (χ4v) is 3.08. The Morgan fingerprint density at radius 2 is 2.26 bits per heavy atom. The summed E-state index contributed by atoms with van der Waals surface area (Å²) in [5.41, 5.74) is 8.28. The first-order valence-electron chi connectivity index (χ1n) is 7.17. The molecule has 0 spiro atoms. The molecule has 3 rings (SSSR count). The third kappa shape index (κ3) is 2.65. The number of hydrogen-bond acceptors (Lipinski definition) is 3. The minimum atomic E-state index is 0.227. The molecule has 1 aliphatic heterocycles. The van der Waals surface area contributed by atoms with Crippen LogP contribution in [0.1, 0.15) is 32.0 Å². The highest BCUT2D eigenvalue weighted by Gasteiger charge is 2.25. The number of rotatable bonds is 3. The van der Waals surface area contributed by atoms with Gasteiger partial charge in [-0.1, -0.05) is 18.6 Å². The number of nitrogens with zero attached hydrogens (tertiary/aromatic N) is 2. The number of piperidine rings is 1. The zero-order valence-corrected chi connectivity index (χ0v) is 11.5. The van der Waals surface area contributed by atoms with Gasteiger partial charge in [-0.2, -0.15) is 0 Å². The van der Waals surface area contributed by atoms with Crippen LogP contribution in [0.5, 0.6) is 0 Å². The molecule has 1 fully saturated rings. The van der Waals surface area contributed by atoms with Gasteiger partial charge in [-0.15, -0.1) is 0 Å². The van der Waals surface area contributed by atoms with Crippen LogP contribution in [0.3, 0.4) is 0 Å². The Morgan fingerprint density at radius 3 is 3.05 bits per heavy atom. The Morgan fingerprint density at radius 1 is 1.42 bits per heavy atom. The molecule has 0 aliphatic carbocycles. The largest absolute Gasteiger partial charge is 0.341 e. The van der Waals surface area contributed by atoms with Crippen LogP contribution in [0.4, 0.5) is 0 Å². The van der Waals surface area contributed by atoms with E-state index in [4.69, 9.17) is 5.73 Å². The molecule has 2 unspecified atom stereocenters. The summed E-state index contributed by atoms with van der Waals surface area (Å²) >= 11 is 0. The second-order valence-electron chi connectivity index (χ2n) is 5.59. The van der Waals surface area contributed by atoms with E-state index in [0.717, 1.165) is 29.9 Å². The quantitative estimate of drug-likeness (QED) is 0.888. The van der Waals surface area contributed by atoms with Gasteiger partial charge in [0.05, 0.1) is 17.6 Å². The van der Waals surface area contributed by atoms with E-state index in [9.17, 15) is 0 Å². The van der Waals surface area contributed by atoms with Gasteiger partial charge in [0.1, 0.15) is 5.82 Å². The zero-order valence-electron chi connectivity index (χ0n) is 11.5. The number of nitrogens with one attached hydrogen (secondary N) is 1. The van der Waals surface area contributed by atoms with Crippen molar-refractivity contribution in [1.29, 1.82) is 0 Å². The van der Waals surface area contributed by atoms with E-state index in [2.05, 4.69) is 33.9 Å².